The van der Waals surface area contributed by atoms with Crippen molar-refractivity contribution in [2.75, 3.05) is 0 Å². The molecule has 2 aromatic rings. The van der Waals surface area contributed by atoms with E-state index >= 15 is 0 Å². The van der Waals surface area contributed by atoms with Crippen molar-refractivity contribution in [1.82, 2.24) is 0 Å². The second-order valence-electron chi connectivity index (χ2n) is 4.61. The standard InChI is InChI=1S/C16H16BrCl/c1-11-5-3-4-6-13(11)10-16(18)14-8-7-12(2)15(17)9-14/h3-9,16H,10H2,1-2H3. The molecule has 1 unspecified atom stereocenters. The zero-order chi connectivity index (χ0) is 13.1. The van der Waals surface area contributed by atoms with Crippen LogP contribution in [0.4, 0.5) is 0 Å². The Bertz CT molecular complexity index is 549. The van der Waals surface area contributed by atoms with Gasteiger partial charge in [0, 0.05) is 4.47 Å². The van der Waals surface area contributed by atoms with Crippen LogP contribution in [0.3, 0.4) is 0 Å². The molecule has 0 spiro atoms. The number of rotatable bonds is 3. The van der Waals surface area contributed by atoms with Crippen LogP contribution < -0.4 is 0 Å². The highest BCUT2D eigenvalue weighted by molar-refractivity contribution is 9.10. The number of aryl methyl sites for hydroxylation is 2. The van der Waals surface area contributed by atoms with Crippen molar-refractivity contribution < 1.29 is 0 Å². The number of hydrogen-bond donors (Lipinski definition) is 0. The van der Waals surface area contributed by atoms with Gasteiger partial charge < -0.3 is 0 Å². The fraction of sp³-hybridized carbons (Fsp3) is 0.250. The molecule has 0 fully saturated rings. The van der Waals surface area contributed by atoms with E-state index in [-0.39, 0.29) is 5.38 Å². The zero-order valence-electron chi connectivity index (χ0n) is 10.6. The van der Waals surface area contributed by atoms with E-state index in [1.165, 1.54) is 16.7 Å². The van der Waals surface area contributed by atoms with Gasteiger partial charge in [-0.3, -0.25) is 0 Å². The fourth-order valence-corrected chi connectivity index (χ4v) is 2.65. The average molecular weight is 324 g/mol. The topological polar surface area (TPSA) is 0 Å². The van der Waals surface area contributed by atoms with Crippen molar-refractivity contribution in [3.63, 3.8) is 0 Å². The minimum atomic E-state index is 0.0167. The van der Waals surface area contributed by atoms with Gasteiger partial charge >= 0.3 is 0 Å². The van der Waals surface area contributed by atoms with Gasteiger partial charge in [-0.05, 0) is 48.6 Å². The lowest BCUT2D eigenvalue weighted by Gasteiger charge is -2.13. The largest absolute Gasteiger partial charge is 0.117 e. The first-order chi connectivity index (χ1) is 8.58. The lowest BCUT2D eigenvalue weighted by molar-refractivity contribution is 0.909. The lowest BCUT2D eigenvalue weighted by Crippen LogP contribution is -1.98. The Morgan fingerprint density at radius 3 is 2.44 bits per heavy atom. The first-order valence-corrected chi connectivity index (χ1v) is 7.25. The third kappa shape index (κ3) is 3.15. The molecule has 1 atom stereocenters. The van der Waals surface area contributed by atoms with Crippen LogP contribution in [0.5, 0.6) is 0 Å². The fourth-order valence-electron chi connectivity index (χ4n) is 1.95. The van der Waals surface area contributed by atoms with E-state index in [1.54, 1.807) is 0 Å². The summed E-state index contributed by atoms with van der Waals surface area (Å²) >= 11 is 10.1. The second kappa shape index (κ2) is 5.90. The molecule has 0 N–H and O–H groups in total. The third-order valence-corrected chi connectivity index (χ3v) is 4.48. The molecular formula is C16H16BrCl. The van der Waals surface area contributed by atoms with Crippen LogP contribution in [0.2, 0.25) is 0 Å². The molecule has 0 radical (unpaired) electrons. The summed E-state index contributed by atoms with van der Waals surface area (Å²) in [6, 6.07) is 14.7. The van der Waals surface area contributed by atoms with Crippen LogP contribution in [-0.2, 0) is 6.42 Å². The molecule has 0 saturated carbocycles. The van der Waals surface area contributed by atoms with Gasteiger partial charge in [0.05, 0.1) is 5.38 Å². The van der Waals surface area contributed by atoms with Crippen LogP contribution in [0.25, 0.3) is 0 Å². The molecule has 0 aliphatic carbocycles. The molecule has 0 nitrogen and oxygen atoms in total. The summed E-state index contributed by atoms with van der Waals surface area (Å²) in [5, 5.41) is 0.0167. The smallest absolute Gasteiger partial charge is 0.0626 e. The SMILES string of the molecule is Cc1ccc(C(Cl)Cc2ccccc2C)cc1Br. The molecule has 2 aromatic carbocycles. The van der Waals surface area contributed by atoms with E-state index < -0.39 is 0 Å². The van der Waals surface area contributed by atoms with Crippen molar-refractivity contribution in [2.24, 2.45) is 0 Å². The predicted molar refractivity (Wildman–Crippen MR) is 82.4 cm³/mol. The first kappa shape index (κ1) is 13.6. The molecule has 18 heavy (non-hydrogen) atoms. The monoisotopic (exact) mass is 322 g/mol. The van der Waals surface area contributed by atoms with E-state index in [1.807, 2.05) is 0 Å². The van der Waals surface area contributed by atoms with Gasteiger partial charge in [-0.2, -0.15) is 0 Å². The summed E-state index contributed by atoms with van der Waals surface area (Å²) < 4.78 is 1.12. The predicted octanol–water partition coefficient (Wildman–Crippen LogP) is 5.59. The molecule has 0 aliphatic heterocycles. The van der Waals surface area contributed by atoms with Crippen molar-refractivity contribution >= 4 is 27.5 Å². The van der Waals surface area contributed by atoms with Crippen LogP contribution in [0, 0.1) is 13.8 Å². The van der Waals surface area contributed by atoms with Crippen LogP contribution in [0.15, 0.2) is 46.9 Å². The highest BCUT2D eigenvalue weighted by Gasteiger charge is 2.11. The number of hydrogen-bond acceptors (Lipinski definition) is 0. The molecule has 0 bridgehead atoms. The highest BCUT2D eigenvalue weighted by Crippen LogP contribution is 2.29. The van der Waals surface area contributed by atoms with Crippen molar-refractivity contribution in [1.29, 1.82) is 0 Å². The zero-order valence-corrected chi connectivity index (χ0v) is 12.9. The van der Waals surface area contributed by atoms with Crippen molar-refractivity contribution in [2.45, 2.75) is 25.6 Å². The number of benzene rings is 2. The van der Waals surface area contributed by atoms with Gasteiger partial charge in [-0.25, -0.2) is 0 Å². The second-order valence-corrected chi connectivity index (χ2v) is 5.99. The maximum absolute atomic E-state index is 6.52. The maximum Gasteiger partial charge on any atom is 0.0626 e. The van der Waals surface area contributed by atoms with E-state index in [2.05, 4.69) is 72.2 Å². The van der Waals surface area contributed by atoms with E-state index in [0.717, 1.165) is 16.5 Å². The summed E-state index contributed by atoms with van der Waals surface area (Å²) in [6.45, 7) is 4.21. The van der Waals surface area contributed by atoms with Gasteiger partial charge in [-0.1, -0.05) is 52.3 Å². The van der Waals surface area contributed by atoms with Gasteiger partial charge in [0.1, 0.15) is 0 Å². The van der Waals surface area contributed by atoms with E-state index in [0.29, 0.717) is 0 Å². The van der Waals surface area contributed by atoms with Gasteiger partial charge in [0.2, 0.25) is 0 Å². The quantitative estimate of drug-likeness (QED) is 0.646. The maximum atomic E-state index is 6.52. The molecule has 0 saturated heterocycles. The van der Waals surface area contributed by atoms with Crippen LogP contribution >= 0.6 is 27.5 Å². The molecule has 2 heteroatoms. The lowest BCUT2D eigenvalue weighted by atomic mass is 10.00. The Balaban J connectivity index is 2.19. The average Bonchev–Trinajstić information content (AvgIpc) is 2.35. The molecule has 0 amide bonds. The minimum Gasteiger partial charge on any atom is -0.117 e. The Hall–Kier alpha value is -0.790. The van der Waals surface area contributed by atoms with Gasteiger partial charge in [0.15, 0.2) is 0 Å². The normalized spacial score (nSPS) is 12.4. The molecule has 0 aromatic heterocycles. The summed E-state index contributed by atoms with van der Waals surface area (Å²) in [7, 11) is 0. The minimum absolute atomic E-state index is 0.0167. The molecule has 0 heterocycles. The van der Waals surface area contributed by atoms with Crippen molar-refractivity contribution in [3.05, 3.63) is 69.2 Å². The summed E-state index contributed by atoms with van der Waals surface area (Å²) in [6.07, 6.45) is 0.865. The Kier molecular flexibility index (Phi) is 4.47. The summed E-state index contributed by atoms with van der Waals surface area (Å²) in [5.41, 5.74) is 5.01. The van der Waals surface area contributed by atoms with Gasteiger partial charge in [-0.15, -0.1) is 11.6 Å². The van der Waals surface area contributed by atoms with E-state index in [4.69, 9.17) is 11.6 Å². The highest BCUT2D eigenvalue weighted by atomic mass is 79.9. The Morgan fingerprint density at radius 2 is 1.78 bits per heavy atom. The number of alkyl halides is 1. The number of halogens is 2. The summed E-state index contributed by atoms with van der Waals surface area (Å²) in [5.74, 6) is 0. The third-order valence-electron chi connectivity index (χ3n) is 3.22. The van der Waals surface area contributed by atoms with Crippen LogP contribution in [-0.4, -0.2) is 0 Å². The molecule has 2 rings (SSSR count). The molecular weight excluding hydrogens is 308 g/mol. The Morgan fingerprint density at radius 1 is 1.06 bits per heavy atom. The molecule has 94 valence electrons. The summed E-state index contributed by atoms with van der Waals surface area (Å²) in [4.78, 5) is 0. The molecule has 0 aliphatic rings. The van der Waals surface area contributed by atoms with Gasteiger partial charge in [0.25, 0.3) is 0 Å². The van der Waals surface area contributed by atoms with Crippen molar-refractivity contribution in [3.8, 4) is 0 Å². The Labute approximate surface area is 122 Å². The van der Waals surface area contributed by atoms with Crippen LogP contribution in [0.1, 0.15) is 27.6 Å². The first-order valence-electron chi connectivity index (χ1n) is 6.02. The van der Waals surface area contributed by atoms with E-state index in [9.17, 15) is 0 Å².